The van der Waals surface area contributed by atoms with Gasteiger partial charge in [-0.05, 0) is 88.3 Å². The smallest absolute Gasteiger partial charge is 0.307 e. The van der Waals surface area contributed by atoms with E-state index >= 15 is 0 Å². The average molecular weight is 815 g/mol. The van der Waals surface area contributed by atoms with Gasteiger partial charge in [0, 0.05) is 61.1 Å². The Hall–Kier alpha value is -5.48. The zero-order chi connectivity index (χ0) is 44.8. The highest BCUT2D eigenvalue weighted by atomic mass is 32.1. The van der Waals surface area contributed by atoms with E-state index in [2.05, 4.69) is 0 Å². The number of para-hydroxylation sites is 1. The van der Waals surface area contributed by atoms with Crippen molar-refractivity contribution in [3.05, 3.63) is 87.5 Å². The first kappa shape index (κ1) is 28.9. The Labute approximate surface area is 341 Å². The normalized spacial score (nSPS) is 17.3. The summed E-state index contributed by atoms with van der Waals surface area (Å²) in [7, 11) is 0. The highest BCUT2D eigenvalue weighted by molar-refractivity contribution is 7.32. The highest BCUT2D eigenvalue weighted by Crippen LogP contribution is 2.48. The number of barbiturate groups is 2. The van der Waals surface area contributed by atoms with Crippen molar-refractivity contribution in [3.8, 4) is 25.2 Å². The largest absolute Gasteiger partial charge is 0.333 e. The number of hydrogen-bond acceptors (Lipinski definition) is 10. The maximum absolute atomic E-state index is 13.3. The first-order valence-corrected chi connectivity index (χ1v) is 20.4. The van der Waals surface area contributed by atoms with E-state index in [1.807, 2.05) is 12.1 Å². The van der Waals surface area contributed by atoms with Crippen LogP contribution >= 0.6 is 45.3 Å². The zero-order valence-electron chi connectivity index (χ0n) is 36.6. The molecular weight excluding hydrogens is 775 g/mol. The van der Waals surface area contributed by atoms with Gasteiger partial charge in [0.2, 0.25) is 0 Å². The van der Waals surface area contributed by atoms with Gasteiger partial charge in [-0.15, -0.1) is 45.3 Å². The van der Waals surface area contributed by atoms with Crippen LogP contribution in [0.1, 0.15) is 47.0 Å². The van der Waals surface area contributed by atoms with Gasteiger partial charge in [-0.25, -0.2) is 9.59 Å². The molecule has 0 spiro atoms. The van der Waals surface area contributed by atoms with Crippen LogP contribution in [0.2, 0.25) is 0 Å². The third kappa shape index (κ3) is 5.98. The van der Waals surface area contributed by atoms with E-state index in [1.165, 1.54) is 22.7 Å². The Balaban J connectivity index is 1.26. The average Bonchev–Trinajstić information content (AvgIpc) is 4.09. The van der Waals surface area contributed by atoms with Crippen LogP contribution in [-0.4, -0.2) is 86.0 Å². The van der Waals surface area contributed by atoms with E-state index in [4.69, 9.17) is 9.60 Å². The van der Waals surface area contributed by atoms with Gasteiger partial charge in [-0.1, -0.05) is 18.1 Å². The lowest BCUT2D eigenvalue weighted by Crippen LogP contribution is -2.56. The second-order valence-electron chi connectivity index (χ2n) is 12.0. The van der Waals surface area contributed by atoms with Crippen molar-refractivity contribution in [2.24, 2.45) is 0 Å². The van der Waals surface area contributed by atoms with Crippen molar-refractivity contribution < 1.29 is 38.4 Å². The van der Waals surface area contributed by atoms with Crippen LogP contribution < -0.4 is 0 Å². The Bertz CT molecular complexity index is 2820. The molecule has 0 aliphatic carbocycles. The topological polar surface area (TPSA) is 120 Å². The summed E-state index contributed by atoms with van der Waals surface area (Å²) in [6.07, 6.45) is 0. The van der Waals surface area contributed by atoms with Gasteiger partial charge in [0.15, 0.2) is 0 Å². The van der Waals surface area contributed by atoms with Crippen LogP contribution in [0, 0.1) is 0 Å². The minimum Gasteiger partial charge on any atom is -0.307 e. The van der Waals surface area contributed by atoms with Gasteiger partial charge in [-0.3, -0.25) is 38.8 Å². The molecule has 2 aliphatic heterocycles. The highest BCUT2D eigenvalue weighted by Gasteiger charge is 2.41. The second-order valence-corrected chi connectivity index (χ2v) is 16.3. The number of aromatic nitrogens is 1. The molecule has 6 aromatic rings. The third-order valence-corrected chi connectivity index (χ3v) is 13.8. The molecule has 2 fully saturated rings. The van der Waals surface area contributed by atoms with Gasteiger partial charge in [-0.2, -0.15) is 0 Å². The number of amides is 8. The summed E-state index contributed by atoms with van der Waals surface area (Å²) in [6.45, 7) is 6.49. The molecule has 2 aliphatic rings. The maximum atomic E-state index is 13.3. The lowest BCUT2D eigenvalue weighted by Gasteiger charge is -2.32. The molecule has 11 nitrogen and oxygen atoms in total. The van der Waals surface area contributed by atoms with Gasteiger partial charge in [0.1, 0.15) is 11.1 Å². The van der Waals surface area contributed by atoms with Crippen LogP contribution in [-0.2, 0) is 19.2 Å². The van der Waals surface area contributed by atoms with Crippen molar-refractivity contribution in [2.45, 2.75) is 27.7 Å². The van der Waals surface area contributed by atoms with E-state index in [1.54, 1.807) is 56.5 Å². The van der Waals surface area contributed by atoms with Gasteiger partial charge < -0.3 is 4.57 Å². The number of carbonyl (C=O) groups excluding carboxylic acids is 6. The Morgan fingerprint density at radius 1 is 0.545 bits per heavy atom. The van der Waals surface area contributed by atoms with E-state index in [0.29, 0.717) is 49.7 Å². The second kappa shape index (κ2) is 14.3. The summed E-state index contributed by atoms with van der Waals surface area (Å²) in [5.41, 5.74) is 0.177. The summed E-state index contributed by atoms with van der Waals surface area (Å²) in [4.78, 5) is 85.7. The van der Waals surface area contributed by atoms with Crippen LogP contribution in [0.4, 0.5) is 9.59 Å². The molecule has 0 N–H and O–H groups in total. The first-order chi connectivity index (χ1) is 29.5. The van der Waals surface area contributed by atoms with E-state index in [0.717, 1.165) is 42.3 Å². The minimum atomic E-state index is -0.843. The van der Waals surface area contributed by atoms with Crippen molar-refractivity contribution in [1.82, 2.24) is 24.2 Å². The van der Waals surface area contributed by atoms with Crippen molar-refractivity contribution >= 4 is 114 Å². The van der Waals surface area contributed by atoms with Crippen LogP contribution in [0.5, 0.6) is 0 Å². The molecule has 0 unspecified atom stereocenters. The number of fused-ring (bicyclic) bond motifs is 3. The van der Waals surface area contributed by atoms with Gasteiger partial charge in [0.05, 0.1) is 30.0 Å². The number of imide groups is 4. The molecule has 15 heteroatoms. The number of nitrogens with zero attached hydrogens (tertiary/aromatic N) is 5. The van der Waals surface area contributed by atoms with Crippen LogP contribution in [0.25, 0.3) is 57.7 Å². The minimum absolute atomic E-state index is 0.0174. The molecule has 1 aromatic carbocycles. The predicted octanol–water partition coefficient (Wildman–Crippen LogP) is 8.79. The van der Waals surface area contributed by atoms with Gasteiger partial charge >= 0.3 is 12.1 Å². The monoisotopic (exact) mass is 814 g/mol. The number of carbonyl (C=O) groups is 6. The predicted molar refractivity (Wildman–Crippen MR) is 219 cm³/mol. The first-order valence-electron chi connectivity index (χ1n) is 20.6. The van der Waals surface area contributed by atoms with Crippen LogP contribution in [0.3, 0.4) is 0 Å². The molecule has 278 valence electrons. The van der Waals surface area contributed by atoms with Crippen LogP contribution in [0.15, 0.2) is 77.8 Å². The fourth-order valence-corrected chi connectivity index (χ4v) is 10.8. The third-order valence-electron chi connectivity index (χ3n) is 9.04. The fraction of sp³-hybridized carbons (Fsp3) is 0.200. The summed E-state index contributed by atoms with van der Waals surface area (Å²) in [5.74, 6) is -3.37. The molecule has 0 bridgehead atoms. The van der Waals surface area contributed by atoms with E-state index in [-0.39, 0.29) is 44.0 Å². The van der Waals surface area contributed by atoms with Gasteiger partial charge in [0.25, 0.3) is 23.6 Å². The number of hydrogen-bond donors (Lipinski definition) is 0. The molecule has 55 heavy (non-hydrogen) atoms. The summed E-state index contributed by atoms with van der Waals surface area (Å²) in [5, 5.41) is 0. The molecule has 7 heterocycles. The number of thiophene rings is 4. The number of rotatable bonds is 9. The Morgan fingerprint density at radius 2 is 0.927 bits per heavy atom. The lowest BCUT2D eigenvalue weighted by atomic mass is 10.1. The molecule has 8 rings (SSSR count). The maximum Gasteiger partial charge on any atom is 0.333 e. The summed E-state index contributed by atoms with van der Waals surface area (Å²) in [6, 6.07) is 5.77. The number of urea groups is 2. The van der Waals surface area contributed by atoms with E-state index < -0.39 is 77.0 Å². The van der Waals surface area contributed by atoms with Crippen molar-refractivity contribution in [2.75, 3.05) is 26.2 Å². The molecule has 0 atom stereocenters. The Kier molecular flexibility index (Phi) is 7.51. The molecular formula is C40H33N5O6S4. The molecule has 2 saturated heterocycles. The number of benzene rings is 1. The van der Waals surface area contributed by atoms with Crippen molar-refractivity contribution in [3.63, 3.8) is 0 Å². The number of likely N-dealkylation sites (N-methyl/N-ethyl adjacent to an activating group) is 4. The quantitative estimate of drug-likeness (QED) is 0.106. The summed E-state index contributed by atoms with van der Waals surface area (Å²) >= 11 is 5.03. The Morgan fingerprint density at radius 3 is 1.29 bits per heavy atom. The zero-order valence-corrected chi connectivity index (χ0v) is 32.9. The molecule has 0 saturated carbocycles. The fourth-order valence-electron chi connectivity index (χ4n) is 6.40. The molecule has 8 amide bonds. The lowest BCUT2D eigenvalue weighted by molar-refractivity contribution is -0.137. The standard InChI is InChI=1S/C40H33N5O6S4/c1-5-41-35(46)25(36(47)42(6-2)39(41)50)18-23-14-16-29(52-23)31-20-27-33(54-31)34-28(45(27)22-12-10-9-11-13-22)21-32(55-34)30-17-15-24(53-30)19-26-37(48)43(7-3)40(51)44(8-4)38(26)49/h9-21H,5-8H2,1-4H3/i9D,10D,11D,12D,13D,18D,19D. The summed E-state index contributed by atoms with van der Waals surface area (Å²) < 4.78 is 63.9. The SMILES string of the molecule is [2H]C(=C1C(=O)N(CC)C(=O)N(CC)C1=O)c1ccc(-c2cc3c(s2)c2sc(-c4ccc(C([2H])=C5C(=O)N(CC)C(=O)N(CC)C5=O)s4)cc2n3-c2c([2H])c([2H])c([2H])c([2H])c2[2H])s1. The molecule has 0 radical (unpaired) electrons. The van der Waals surface area contributed by atoms with E-state index in [9.17, 15) is 28.8 Å². The van der Waals surface area contributed by atoms with Crippen molar-refractivity contribution in [1.29, 1.82) is 0 Å². The molecule has 5 aromatic heterocycles.